The van der Waals surface area contributed by atoms with Gasteiger partial charge in [-0.05, 0) is 44.1 Å². The van der Waals surface area contributed by atoms with Gasteiger partial charge in [0, 0.05) is 12.5 Å². The highest BCUT2D eigenvalue weighted by molar-refractivity contribution is 5.86. The van der Waals surface area contributed by atoms with E-state index < -0.39 is 5.92 Å². The molecule has 0 unspecified atom stereocenters. The van der Waals surface area contributed by atoms with Gasteiger partial charge in [-0.2, -0.15) is 0 Å². The van der Waals surface area contributed by atoms with Crippen LogP contribution < -0.4 is 10.6 Å². The van der Waals surface area contributed by atoms with Crippen molar-refractivity contribution in [3.63, 3.8) is 0 Å². The summed E-state index contributed by atoms with van der Waals surface area (Å²) in [7, 11) is 0. The van der Waals surface area contributed by atoms with Crippen LogP contribution in [0.5, 0.6) is 0 Å². The molecule has 0 aliphatic heterocycles. The number of benzene rings is 1. The number of ether oxygens (including phenoxy) is 1. The van der Waals surface area contributed by atoms with Crippen LogP contribution in [0.2, 0.25) is 0 Å². The van der Waals surface area contributed by atoms with Crippen molar-refractivity contribution in [3.8, 4) is 0 Å². The number of hydrogen-bond acceptors (Lipinski definition) is 5. The SMILES string of the molecule is C=CC[C@H](CC(=O)N[C@H](C)CO)C(=O)N[C@H](COC(=O)[C@@H](CC=C)Cc1ccccc1)CC1CCCCC1. The van der Waals surface area contributed by atoms with Crippen molar-refractivity contribution in [3.05, 3.63) is 61.2 Å². The van der Waals surface area contributed by atoms with E-state index in [9.17, 15) is 19.5 Å². The first-order valence-electron chi connectivity index (χ1n) is 14.0. The fourth-order valence-electron chi connectivity index (χ4n) is 5.06. The number of esters is 1. The molecule has 1 fully saturated rings. The number of nitrogens with one attached hydrogen (secondary N) is 2. The van der Waals surface area contributed by atoms with Gasteiger partial charge in [-0.15, -0.1) is 13.2 Å². The number of rotatable bonds is 17. The summed E-state index contributed by atoms with van der Waals surface area (Å²) in [6.07, 6.45) is 11.3. The minimum Gasteiger partial charge on any atom is -0.463 e. The fraction of sp³-hybridized carbons (Fsp3) is 0.581. The summed E-state index contributed by atoms with van der Waals surface area (Å²) in [5.74, 6) is -1.30. The largest absolute Gasteiger partial charge is 0.463 e. The molecule has 1 aliphatic rings. The Morgan fingerprint density at radius 2 is 1.68 bits per heavy atom. The van der Waals surface area contributed by atoms with Crippen molar-refractivity contribution in [2.24, 2.45) is 17.8 Å². The van der Waals surface area contributed by atoms with Crippen LogP contribution in [0.3, 0.4) is 0 Å². The minimum atomic E-state index is -0.588. The van der Waals surface area contributed by atoms with Gasteiger partial charge in [0.2, 0.25) is 11.8 Å². The molecule has 7 heteroatoms. The second kappa shape index (κ2) is 17.6. The number of aliphatic hydroxyl groups is 1. The number of carbonyl (C=O) groups excluding carboxylic acids is 3. The van der Waals surface area contributed by atoms with Crippen molar-refractivity contribution in [2.75, 3.05) is 13.2 Å². The maximum Gasteiger partial charge on any atom is 0.309 e. The standard InChI is InChI=1S/C31H46N2O5/c1-4-12-26(20-29(35)32-23(3)21-34)30(36)33-28(19-25-16-10-7-11-17-25)22-38-31(37)27(13-5-2)18-24-14-8-6-9-15-24/h4-6,8-9,14-15,23,25-28,34H,1-2,7,10-13,16-22H2,3H3,(H,32,35)(H,33,36)/t23-,26-,27+,28+/m1/s1. The van der Waals surface area contributed by atoms with Crippen LogP contribution in [0.25, 0.3) is 0 Å². The van der Waals surface area contributed by atoms with Crippen molar-refractivity contribution < 1.29 is 24.2 Å². The predicted octanol–water partition coefficient (Wildman–Crippen LogP) is 4.50. The quantitative estimate of drug-likeness (QED) is 0.205. The molecule has 0 radical (unpaired) electrons. The summed E-state index contributed by atoms with van der Waals surface area (Å²) >= 11 is 0. The summed E-state index contributed by atoms with van der Waals surface area (Å²) < 4.78 is 5.79. The molecular formula is C31H46N2O5. The fourth-order valence-corrected chi connectivity index (χ4v) is 5.06. The zero-order valence-electron chi connectivity index (χ0n) is 22.9. The molecule has 0 heterocycles. The second-order valence-electron chi connectivity index (χ2n) is 10.6. The van der Waals surface area contributed by atoms with Crippen LogP contribution >= 0.6 is 0 Å². The minimum absolute atomic E-state index is 0.00336. The van der Waals surface area contributed by atoms with Gasteiger partial charge in [-0.1, -0.05) is 74.6 Å². The zero-order valence-corrected chi connectivity index (χ0v) is 22.9. The highest BCUT2D eigenvalue weighted by atomic mass is 16.5. The Hall–Kier alpha value is -2.93. The average molecular weight is 527 g/mol. The van der Waals surface area contributed by atoms with Crippen LogP contribution in [0.15, 0.2) is 55.6 Å². The Morgan fingerprint density at radius 3 is 2.32 bits per heavy atom. The number of amides is 2. The number of allylic oxidation sites excluding steroid dienone is 2. The molecule has 2 amide bonds. The summed E-state index contributed by atoms with van der Waals surface area (Å²) in [5.41, 5.74) is 1.06. The average Bonchev–Trinajstić information content (AvgIpc) is 2.92. The lowest BCUT2D eigenvalue weighted by atomic mass is 9.84. The van der Waals surface area contributed by atoms with Crippen LogP contribution in [-0.4, -0.2) is 48.2 Å². The van der Waals surface area contributed by atoms with Gasteiger partial charge < -0.3 is 20.5 Å². The second-order valence-corrected chi connectivity index (χ2v) is 10.6. The highest BCUT2D eigenvalue weighted by Crippen LogP contribution is 2.28. The van der Waals surface area contributed by atoms with Gasteiger partial charge in [0.1, 0.15) is 6.61 Å². The summed E-state index contributed by atoms with van der Waals surface area (Å²) in [5, 5.41) is 15.0. The Kier molecular flexibility index (Phi) is 14.5. The van der Waals surface area contributed by atoms with Gasteiger partial charge in [0.05, 0.1) is 24.5 Å². The van der Waals surface area contributed by atoms with Gasteiger partial charge >= 0.3 is 5.97 Å². The molecule has 1 aromatic carbocycles. The number of hydrogen-bond donors (Lipinski definition) is 3. The van der Waals surface area contributed by atoms with E-state index in [1.807, 2.05) is 30.3 Å². The lowest BCUT2D eigenvalue weighted by molar-refractivity contribution is -0.150. The summed E-state index contributed by atoms with van der Waals surface area (Å²) in [6.45, 7) is 9.17. The third-order valence-electron chi connectivity index (χ3n) is 7.16. The third kappa shape index (κ3) is 11.6. The first-order chi connectivity index (χ1) is 18.4. The Balaban J connectivity index is 2.05. The Morgan fingerprint density at radius 1 is 1.03 bits per heavy atom. The molecule has 7 nitrogen and oxygen atoms in total. The molecule has 1 aromatic rings. The predicted molar refractivity (Wildman–Crippen MR) is 150 cm³/mol. The monoisotopic (exact) mass is 526 g/mol. The molecule has 1 saturated carbocycles. The van der Waals surface area contributed by atoms with E-state index in [4.69, 9.17) is 4.74 Å². The van der Waals surface area contributed by atoms with Crippen LogP contribution in [-0.2, 0) is 25.5 Å². The number of aliphatic hydroxyl groups excluding tert-OH is 1. The van der Waals surface area contributed by atoms with Gasteiger partial charge in [-0.25, -0.2) is 0 Å². The molecule has 210 valence electrons. The topological polar surface area (TPSA) is 105 Å². The summed E-state index contributed by atoms with van der Waals surface area (Å²) in [4.78, 5) is 38.7. The molecule has 0 aromatic heterocycles. The Labute approximate surface area is 228 Å². The van der Waals surface area contributed by atoms with Gasteiger partial charge in [0.25, 0.3) is 0 Å². The molecule has 3 N–H and O–H groups in total. The maximum atomic E-state index is 13.3. The molecule has 0 spiro atoms. The van der Waals surface area contributed by atoms with Crippen LogP contribution in [0, 0.1) is 17.8 Å². The molecule has 0 bridgehead atoms. The van der Waals surface area contributed by atoms with E-state index >= 15 is 0 Å². The molecule has 0 saturated heterocycles. The van der Waals surface area contributed by atoms with E-state index in [1.54, 1.807) is 19.1 Å². The third-order valence-corrected chi connectivity index (χ3v) is 7.16. The molecule has 4 atom stereocenters. The van der Waals surface area contributed by atoms with Crippen molar-refractivity contribution in [1.82, 2.24) is 10.6 Å². The van der Waals surface area contributed by atoms with E-state index in [2.05, 4.69) is 23.8 Å². The molecular weight excluding hydrogens is 480 g/mol. The van der Waals surface area contributed by atoms with E-state index in [0.717, 1.165) is 24.8 Å². The van der Waals surface area contributed by atoms with Crippen LogP contribution in [0.1, 0.15) is 70.3 Å². The van der Waals surface area contributed by atoms with Crippen molar-refractivity contribution >= 4 is 17.8 Å². The van der Waals surface area contributed by atoms with Gasteiger partial charge in [0.15, 0.2) is 0 Å². The molecule has 2 rings (SSSR count). The van der Waals surface area contributed by atoms with Crippen molar-refractivity contribution in [1.29, 1.82) is 0 Å². The van der Waals surface area contributed by atoms with Crippen molar-refractivity contribution in [2.45, 2.75) is 83.2 Å². The first-order valence-corrected chi connectivity index (χ1v) is 14.0. The molecule has 1 aliphatic carbocycles. The lowest BCUT2D eigenvalue weighted by Gasteiger charge is -2.28. The zero-order chi connectivity index (χ0) is 27.8. The Bertz CT molecular complexity index is 882. The summed E-state index contributed by atoms with van der Waals surface area (Å²) in [6, 6.07) is 9.12. The highest BCUT2D eigenvalue weighted by Gasteiger charge is 2.28. The lowest BCUT2D eigenvalue weighted by Crippen LogP contribution is -2.45. The van der Waals surface area contributed by atoms with E-state index in [-0.39, 0.29) is 55.4 Å². The normalized spacial score (nSPS) is 16.9. The maximum absolute atomic E-state index is 13.3. The molecule has 38 heavy (non-hydrogen) atoms. The first kappa shape index (κ1) is 31.3. The van der Waals surface area contributed by atoms with E-state index in [1.165, 1.54) is 19.3 Å². The van der Waals surface area contributed by atoms with Gasteiger partial charge in [-0.3, -0.25) is 14.4 Å². The number of carbonyl (C=O) groups is 3. The smallest absolute Gasteiger partial charge is 0.309 e. The van der Waals surface area contributed by atoms with Crippen LogP contribution in [0.4, 0.5) is 0 Å². The van der Waals surface area contributed by atoms with E-state index in [0.29, 0.717) is 25.2 Å².